The number of carbonyl (C=O) groups excluding carboxylic acids is 1. The number of anilines is 1. The molecule has 2 aromatic carbocycles. The Morgan fingerprint density at radius 1 is 0.969 bits per heavy atom. The van der Waals surface area contributed by atoms with Crippen LogP contribution in [0.1, 0.15) is 47.2 Å². The van der Waals surface area contributed by atoms with Crippen molar-refractivity contribution in [1.29, 1.82) is 0 Å². The molecule has 0 unspecified atom stereocenters. The minimum absolute atomic E-state index is 0.141. The molecule has 0 N–H and O–H groups in total. The summed E-state index contributed by atoms with van der Waals surface area (Å²) in [6, 6.07) is 11.4. The summed E-state index contributed by atoms with van der Waals surface area (Å²) in [7, 11) is 1.53. The number of fused-ring (bicyclic) bond motifs is 3. The number of ketones is 1. The summed E-state index contributed by atoms with van der Waals surface area (Å²) in [6.45, 7) is 1.96. The Balaban J connectivity index is 1.41. The molecule has 32 heavy (non-hydrogen) atoms. The Hall–Kier alpha value is -3.28. The maximum absolute atomic E-state index is 12.8. The average molecular weight is 434 g/mol. The average Bonchev–Trinajstić information content (AvgIpc) is 3.38. The Morgan fingerprint density at radius 3 is 2.41 bits per heavy atom. The van der Waals surface area contributed by atoms with Gasteiger partial charge in [-0.2, -0.15) is 0 Å². The van der Waals surface area contributed by atoms with Crippen LogP contribution < -0.4 is 20.0 Å². The van der Waals surface area contributed by atoms with Gasteiger partial charge in [0, 0.05) is 35.3 Å². The zero-order valence-corrected chi connectivity index (χ0v) is 18.3. The standard InChI is InChI=1S/C26H27NO5/c1-30-23-13-12-20-19-6-2-3-7-21(19)26(29)32-24(20)25(23)31-16-22(28)17-8-10-18(11-9-17)27-14-4-5-15-27/h8-13H,2-7,14-16H2,1H3. The van der Waals surface area contributed by atoms with Crippen LogP contribution in [0.15, 0.2) is 45.6 Å². The Bertz CT molecular complexity index is 1210. The minimum atomic E-state index is -0.325. The van der Waals surface area contributed by atoms with Crippen LogP contribution in [0.5, 0.6) is 11.5 Å². The predicted molar refractivity (Wildman–Crippen MR) is 123 cm³/mol. The maximum Gasteiger partial charge on any atom is 0.339 e. The molecule has 1 fully saturated rings. The van der Waals surface area contributed by atoms with Gasteiger partial charge in [-0.25, -0.2) is 4.79 Å². The van der Waals surface area contributed by atoms with Crippen LogP contribution in [0, 0.1) is 0 Å². The molecule has 2 heterocycles. The molecular formula is C26H27NO5. The van der Waals surface area contributed by atoms with Crippen molar-refractivity contribution in [2.75, 3.05) is 31.7 Å². The lowest BCUT2D eigenvalue weighted by molar-refractivity contribution is 0.0920. The molecule has 3 aromatic rings. The van der Waals surface area contributed by atoms with Crippen LogP contribution in [0.25, 0.3) is 11.0 Å². The second kappa shape index (κ2) is 8.69. The minimum Gasteiger partial charge on any atom is -0.493 e. The zero-order chi connectivity index (χ0) is 22.1. The van der Waals surface area contributed by atoms with E-state index in [9.17, 15) is 9.59 Å². The van der Waals surface area contributed by atoms with Gasteiger partial charge >= 0.3 is 5.63 Å². The largest absolute Gasteiger partial charge is 0.493 e. The molecule has 5 rings (SSSR count). The van der Waals surface area contributed by atoms with Gasteiger partial charge in [0.15, 0.2) is 23.7 Å². The highest BCUT2D eigenvalue weighted by molar-refractivity contribution is 5.98. The fourth-order valence-corrected chi connectivity index (χ4v) is 4.82. The van der Waals surface area contributed by atoms with Gasteiger partial charge in [-0.15, -0.1) is 0 Å². The number of aryl methyl sites for hydroxylation is 1. The van der Waals surface area contributed by atoms with Gasteiger partial charge in [0.2, 0.25) is 5.75 Å². The second-order valence-corrected chi connectivity index (χ2v) is 8.48. The Kier molecular flexibility index (Phi) is 5.60. The van der Waals surface area contributed by atoms with Crippen LogP contribution in [0.2, 0.25) is 0 Å². The summed E-state index contributed by atoms with van der Waals surface area (Å²) < 4.78 is 17.0. The SMILES string of the molecule is COc1ccc2c3c(c(=O)oc2c1OCC(=O)c1ccc(N2CCCC2)cc1)CCCC3. The third kappa shape index (κ3) is 3.74. The molecule has 0 spiro atoms. The predicted octanol–water partition coefficient (Wildman–Crippen LogP) is 4.54. The molecule has 166 valence electrons. The van der Waals surface area contributed by atoms with E-state index in [2.05, 4.69) is 4.90 Å². The van der Waals surface area contributed by atoms with Crippen molar-refractivity contribution in [3.63, 3.8) is 0 Å². The molecule has 6 heteroatoms. The third-order valence-corrected chi connectivity index (χ3v) is 6.54. The molecule has 1 aromatic heterocycles. The molecular weight excluding hydrogens is 406 g/mol. The van der Waals surface area contributed by atoms with Crippen LogP contribution in [0.3, 0.4) is 0 Å². The molecule has 1 aliphatic carbocycles. The van der Waals surface area contributed by atoms with Crippen molar-refractivity contribution in [3.05, 3.63) is 63.5 Å². The van der Waals surface area contributed by atoms with E-state index in [-0.39, 0.29) is 18.0 Å². The topological polar surface area (TPSA) is 69.0 Å². The number of hydrogen-bond donors (Lipinski definition) is 0. The third-order valence-electron chi connectivity index (χ3n) is 6.54. The van der Waals surface area contributed by atoms with Crippen LogP contribution >= 0.6 is 0 Å². The Labute approximate surface area is 186 Å². The molecule has 1 aliphatic heterocycles. The van der Waals surface area contributed by atoms with E-state index in [1.807, 2.05) is 36.4 Å². The summed E-state index contributed by atoms with van der Waals surface area (Å²) >= 11 is 0. The molecule has 0 amide bonds. The number of nitrogens with zero attached hydrogens (tertiary/aromatic N) is 1. The highest BCUT2D eigenvalue weighted by atomic mass is 16.5. The molecule has 0 radical (unpaired) electrons. The number of rotatable bonds is 6. The first-order chi connectivity index (χ1) is 15.7. The molecule has 0 saturated carbocycles. The van der Waals surface area contributed by atoms with E-state index in [1.165, 1.54) is 20.0 Å². The van der Waals surface area contributed by atoms with Gasteiger partial charge < -0.3 is 18.8 Å². The lowest BCUT2D eigenvalue weighted by atomic mass is 9.90. The summed E-state index contributed by atoms with van der Waals surface area (Å²) in [5.74, 6) is 0.600. The summed E-state index contributed by atoms with van der Waals surface area (Å²) in [4.78, 5) is 27.7. The summed E-state index contributed by atoms with van der Waals surface area (Å²) in [6.07, 6.45) is 6.03. The van der Waals surface area contributed by atoms with E-state index in [0.29, 0.717) is 22.6 Å². The van der Waals surface area contributed by atoms with Gasteiger partial charge in [0.05, 0.1) is 7.11 Å². The monoisotopic (exact) mass is 433 g/mol. The first-order valence-corrected chi connectivity index (χ1v) is 11.3. The number of carbonyl (C=O) groups is 1. The first kappa shape index (κ1) is 20.6. The number of ether oxygens (including phenoxy) is 2. The fraction of sp³-hybridized carbons (Fsp3) is 0.385. The van der Waals surface area contributed by atoms with E-state index in [4.69, 9.17) is 13.9 Å². The van der Waals surface area contributed by atoms with Gasteiger partial charge in [0.25, 0.3) is 0 Å². The quantitative estimate of drug-likeness (QED) is 0.420. The van der Waals surface area contributed by atoms with Gasteiger partial charge in [-0.05, 0) is 80.5 Å². The number of Topliss-reactive ketones (excluding diaryl/α,β-unsaturated/α-hetero) is 1. The van der Waals surface area contributed by atoms with E-state index in [1.54, 1.807) is 0 Å². The Morgan fingerprint density at radius 2 is 1.69 bits per heavy atom. The molecule has 1 saturated heterocycles. The second-order valence-electron chi connectivity index (χ2n) is 8.48. The normalized spacial score (nSPS) is 15.6. The lowest BCUT2D eigenvalue weighted by Crippen LogP contribution is -2.18. The highest BCUT2D eigenvalue weighted by Crippen LogP contribution is 2.38. The summed E-state index contributed by atoms with van der Waals surface area (Å²) in [5, 5.41) is 0.859. The van der Waals surface area contributed by atoms with E-state index in [0.717, 1.165) is 61.0 Å². The van der Waals surface area contributed by atoms with Crippen molar-refractivity contribution in [1.82, 2.24) is 0 Å². The molecule has 2 aliphatic rings. The zero-order valence-electron chi connectivity index (χ0n) is 18.3. The molecule has 6 nitrogen and oxygen atoms in total. The van der Waals surface area contributed by atoms with Crippen LogP contribution in [-0.4, -0.2) is 32.6 Å². The van der Waals surface area contributed by atoms with Crippen LogP contribution in [-0.2, 0) is 12.8 Å². The van der Waals surface area contributed by atoms with Crippen molar-refractivity contribution >= 4 is 22.4 Å². The van der Waals surface area contributed by atoms with E-state index < -0.39 is 0 Å². The van der Waals surface area contributed by atoms with Crippen molar-refractivity contribution in [3.8, 4) is 11.5 Å². The van der Waals surface area contributed by atoms with Gasteiger partial charge in [0.1, 0.15) is 0 Å². The van der Waals surface area contributed by atoms with Crippen molar-refractivity contribution in [2.24, 2.45) is 0 Å². The van der Waals surface area contributed by atoms with Gasteiger partial charge in [-0.1, -0.05) is 0 Å². The number of benzene rings is 2. The van der Waals surface area contributed by atoms with Gasteiger partial charge in [-0.3, -0.25) is 4.79 Å². The van der Waals surface area contributed by atoms with Crippen LogP contribution in [0.4, 0.5) is 5.69 Å². The summed E-state index contributed by atoms with van der Waals surface area (Å²) in [5.41, 5.74) is 3.54. The smallest absolute Gasteiger partial charge is 0.339 e. The lowest BCUT2D eigenvalue weighted by Gasteiger charge is -2.19. The van der Waals surface area contributed by atoms with Crippen molar-refractivity contribution in [2.45, 2.75) is 38.5 Å². The molecule has 0 bridgehead atoms. The van der Waals surface area contributed by atoms with Crippen molar-refractivity contribution < 1.29 is 18.7 Å². The first-order valence-electron chi connectivity index (χ1n) is 11.3. The number of hydrogen-bond acceptors (Lipinski definition) is 6. The fourth-order valence-electron chi connectivity index (χ4n) is 4.82. The molecule has 0 atom stereocenters. The number of methoxy groups -OCH3 is 1. The highest BCUT2D eigenvalue weighted by Gasteiger charge is 2.23. The maximum atomic E-state index is 12.8. The van der Waals surface area contributed by atoms with E-state index >= 15 is 0 Å².